The zero-order valence-electron chi connectivity index (χ0n) is 15.1. The molecule has 1 aromatic carbocycles. The van der Waals surface area contributed by atoms with Gasteiger partial charge in [0, 0.05) is 51.3 Å². The fourth-order valence-corrected chi connectivity index (χ4v) is 5.19. The van der Waals surface area contributed by atoms with Crippen molar-refractivity contribution >= 4 is 27.3 Å². The van der Waals surface area contributed by atoms with E-state index in [-0.39, 0.29) is 29.5 Å². The number of hydrogen-bond acceptors (Lipinski definition) is 6. The third kappa shape index (κ3) is 4.38. The third-order valence-corrected chi connectivity index (χ3v) is 6.91. The largest absolute Gasteiger partial charge is 0.383 e. The van der Waals surface area contributed by atoms with Crippen LogP contribution in [0, 0.1) is 10.1 Å². The number of nitro groups is 1. The number of nitrogens with zero attached hydrogens (tertiary/aromatic N) is 3. The van der Waals surface area contributed by atoms with E-state index in [2.05, 4.69) is 5.32 Å². The summed E-state index contributed by atoms with van der Waals surface area (Å²) in [6.07, 6.45) is 3.84. The van der Waals surface area contributed by atoms with Gasteiger partial charge in [-0.15, -0.1) is 0 Å². The quantitative estimate of drug-likeness (QED) is 0.555. The lowest BCUT2D eigenvalue weighted by Crippen LogP contribution is -2.30. The first-order valence-electron chi connectivity index (χ1n) is 9.20. The normalized spacial score (nSPS) is 18.0. The average Bonchev–Trinajstić information content (AvgIpc) is 3.35. The van der Waals surface area contributed by atoms with Crippen LogP contribution in [-0.2, 0) is 14.8 Å². The number of nitrogens with one attached hydrogen (secondary N) is 1. The number of carbonyl (C=O) groups is 1. The van der Waals surface area contributed by atoms with E-state index in [9.17, 15) is 23.3 Å². The summed E-state index contributed by atoms with van der Waals surface area (Å²) in [7, 11) is -3.82. The molecule has 0 atom stereocenters. The lowest BCUT2D eigenvalue weighted by molar-refractivity contribution is -0.385. The lowest BCUT2D eigenvalue weighted by atomic mass is 10.2. The van der Waals surface area contributed by atoms with Crippen LogP contribution < -0.4 is 5.32 Å². The van der Waals surface area contributed by atoms with E-state index in [4.69, 9.17) is 0 Å². The number of anilines is 1. The minimum absolute atomic E-state index is 0.0332. The van der Waals surface area contributed by atoms with Gasteiger partial charge in [-0.25, -0.2) is 8.42 Å². The van der Waals surface area contributed by atoms with Crippen LogP contribution in [0.5, 0.6) is 0 Å². The molecule has 1 N–H and O–H groups in total. The summed E-state index contributed by atoms with van der Waals surface area (Å²) < 4.78 is 27.2. The van der Waals surface area contributed by atoms with Crippen molar-refractivity contribution in [3.8, 4) is 0 Å². The molecule has 9 nitrogen and oxygen atoms in total. The van der Waals surface area contributed by atoms with Gasteiger partial charge in [0.2, 0.25) is 15.9 Å². The summed E-state index contributed by atoms with van der Waals surface area (Å²) in [5, 5.41) is 14.1. The summed E-state index contributed by atoms with van der Waals surface area (Å²) in [5.74, 6) is 0.0332. The van der Waals surface area contributed by atoms with Crippen LogP contribution in [0.25, 0.3) is 0 Å². The Kier molecular flexibility index (Phi) is 5.95. The van der Waals surface area contributed by atoms with Crippen LogP contribution in [0.4, 0.5) is 11.4 Å². The van der Waals surface area contributed by atoms with Crippen molar-refractivity contribution in [1.29, 1.82) is 0 Å². The molecule has 148 valence electrons. The highest BCUT2D eigenvalue weighted by Crippen LogP contribution is 2.30. The number of benzene rings is 1. The maximum absolute atomic E-state index is 12.9. The predicted octanol–water partition coefficient (Wildman–Crippen LogP) is 1.80. The van der Waals surface area contributed by atoms with Crippen molar-refractivity contribution in [2.45, 2.75) is 37.0 Å². The highest BCUT2D eigenvalue weighted by atomic mass is 32.2. The summed E-state index contributed by atoms with van der Waals surface area (Å²) in [5.41, 5.74) is 0.0215. The van der Waals surface area contributed by atoms with Gasteiger partial charge in [0.25, 0.3) is 5.69 Å². The van der Waals surface area contributed by atoms with Crippen LogP contribution in [-0.4, -0.2) is 61.2 Å². The molecule has 0 spiro atoms. The van der Waals surface area contributed by atoms with E-state index >= 15 is 0 Å². The zero-order valence-corrected chi connectivity index (χ0v) is 15.9. The smallest absolute Gasteiger partial charge is 0.270 e. The monoisotopic (exact) mass is 396 g/mol. The molecule has 0 bridgehead atoms. The van der Waals surface area contributed by atoms with E-state index in [1.165, 1.54) is 16.4 Å². The van der Waals surface area contributed by atoms with E-state index < -0.39 is 14.9 Å². The molecule has 27 heavy (non-hydrogen) atoms. The van der Waals surface area contributed by atoms with E-state index in [0.29, 0.717) is 18.8 Å². The Hall–Kier alpha value is -2.20. The number of likely N-dealkylation sites (tertiary alicyclic amines) is 1. The number of rotatable bonds is 7. The Labute approximate surface area is 158 Å². The minimum Gasteiger partial charge on any atom is -0.383 e. The summed E-state index contributed by atoms with van der Waals surface area (Å²) in [6, 6.07) is 3.77. The second-order valence-electron chi connectivity index (χ2n) is 6.81. The fourth-order valence-electron chi connectivity index (χ4n) is 3.48. The lowest BCUT2D eigenvalue weighted by Gasteiger charge is -2.19. The Bertz CT molecular complexity index is 815. The molecule has 0 unspecified atom stereocenters. The highest BCUT2D eigenvalue weighted by molar-refractivity contribution is 7.89. The van der Waals surface area contributed by atoms with E-state index in [1.54, 1.807) is 4.90 Å². The second-order valence-corrected chi connectivity index (χ2v) is 8.72. The average molecular weight is 396 g/mol. The molecule has 1 amide bonds. The van der Waals surface area contributed by atoms with Crippen LogP contribution >= 0.6 is 0 Å². The van der Waals surface area contributed by atoms with E-state index in [1.807, 2.05) is 0 Å². The molecule has 0 aliphatic carbocycles. The van der Waals surface area contributed by atoms with Crippen molar-refractivity contribution in [1.82, 2.24) is 9.21 Å². The van der Waals surface area contributed by atoms with E-state index in [0.717, 1.165) is 44.8 Å². The molecule has 0 saturated carbocycles. The summed E-state index contributed by atoms with van der Waals surface area (Å²) >= 11 is 0. The van der Waals surface area contributed by atoms with Crippen molar-refractivity contribution in [2.24, 2.45) is 0 Å². The molecule has 2 aliphatic rings. The number of carbonyl (C=O) groups excluding carboxylic acids is 1. The zero-order chi connectivity index (χ0) is 19.4. The van der Waals surface area contributed by atoms with Gasteiger partial charge in [-0.3, -0.25) is 14.9 Å². The van der Waals surface area contributed by atoms with Crippen molar-refractivity contribution in [3.05, 3.63) is 28.3 Å². The molecule has 3 rings (SSSR count). The molecule has 2 saturated heterocycles. The van der Waals surface area contributed by atoms with Crippen molar-refractivity contribution in [2.75, 3.05) is 38.0 Å². The Morgan fingerprint density at radius 1 is 1.11 bits per heavy atom. The summed E-state index contributed by atoms with van der Waals surface area (Å²) in [6.45, 7) is 2.64. The molecule has 2 fully saturated rings. The Morgan fingerprint density at radius 2 is 1.74 bits per heavy atom. The van der Waals surface area contributed by atoms with Gasteiger partial charge in [-0.2, -0.15) is 4.31 Å². The maximum atomic E-state index is 12.9. The number of sulfonamides is 1. The standard InChI is InChI=1S/C17H24N4O5S/c22-17(19-9-1-2-10-19)7-8-18-15-6-5-14(21(23)24)13-16(15)27(25,26)20-11-3-4-12-20/h5-6,13,18H,1-4,7-12H2. The van der Waals surface area contributed by atoms with Gasteiger partial charge in [0.05, 0.1) is 10.6 Å². The molecule has 1 aromatic rings. The predicted molar refractivity (Wildman–Crippen MR) is 100 cm³/mol. The van der Waals surface area contributed by atoms with Gasteiger partial charge in [-0.05, 0) is 31.7 Å². The first kappa shape index (κ1) is 19.6. The summed E-state index contributed by atoms with van der Waals surface area (Å²) in [4.78, 5) is 24.3. The first-order valence-corrected chi connectivity index (χ1v) is 10.6. The molecule has 10 heteroatoms. The minimum atomic E-state index is -3.82. The fraction of sp³-hybridized carbons (Fsp3) is 0.588. The number of nitro benzene ring substituents is 1. The molecule has 2 heterocycles. The SMILES string of the molecule is O=C(CCNc1ccc([N+](=O)[O-])cc1S(=O)(=O)N1CCCC1)N1CCCC1. The van der Waals surface area contributed by atoms with Crippen LogP contribution in [0.1, 0.15) is 32.1 Å². The highest BCUT2D eigenvalue weighted by Gasteiger charge is 2.31. The van der Waals surface area contributed by atoms with Gasteiger partial charge in [0.1, 0.15) is 4.90 Å². The molecule has 2 aliphatic heterocycles. The molecule has 0 radical (unpaired) electrons. The Morgan fingerprint density at radius 3 is 2.37 bits per heavy atom. The molecular formula is C17H24N4O5S. The third-order valence-electron chi connectivity index (χ3n) is 4.97. The molecule has 0 aromatic heterocycles. The first-order chi connectivity index (χ1) is 12.9. The van der Waals surface area contributed by atoms with Gasteiger partial charge in [-0.1, -0.05) is 0 Å². The van der Waals surface area contributed by atoms with Crippen molar-refractivity contribution in [3.63, 3.8) is 0 Å². The number of non-ortho nitro benzene ring substituents is 1. The van der Waals surface area contributed by atoms with Gasteiger partial charge >= 0.3 is 0 Å². The van der Waals surface area contributed by atoms with Gasteiger partial charge < -0.3 is 10.2 Å². The topological polar surface area (TPSA) is 113 Å². The van der Waals surface area contributed by atoms with Crippen LogP contribution in [0.3, 0.4) is 0 Å². The Balaban J connectivity index is 1.77. The van der Waals surface area contributed by atoms with Crippen molar-refractivity contribution < 1.29 is 18.1 Å². The number of hydrogen-bond donors (Lipinski definition) is 1. The van der Waals surface area contributed by atoms with Crippen LogP contribution in [0.15, 0.2) is 23.1 Å². The molecular weight excluding hydrogens is 372 g/mol. The second kappa shape index (κ2) is 8.22. The van der Waals surface area contributed by atoms with Gasteiger partial charge in [0.15, 0.2) is 0 Å². The number of amides is 1. The van der Waals surface area contributed by atoms with Crippen LogP contribution in [0.2, 0.25) is 0 Å². The maximum Gasteiger partial charge on any atom is 0.270 e.